The number of rotatable bonds is 7. The minimum atomic E-state index is -0.204. The van der Waals surface area contributed by atoms with Crippen LogP contribution in [-0.2, 0) is 11.3 Å². The molecular weight excluding hydrogens is 410 g/mol. The SMILES string of the molecule is CCCNC(=O)CCNC(=NC)NCc1ccc(F)c(C)c1.I. The van der Waals surface area contributed by atoms with Crippen molar-refractivity contribution in [2.75, 3.05) is 20.1 Å². The van der Waals surface area contributed by atoms with Gasteiger partial charge in [-0.25, -0.2) is 4.39 Å². The van der Waals surface area contributed by atoms with E-state index in [4.69, 9.17) is 0 Å². The number of benzene rings is 1. The van der Waals surface area contributed by atoms with Crippen LogP contribution in [0.3, 0.4) is 0 Å². The Morgan fingerprint density at radius 3 is 2.57 bits per heavy atom. The molecule has 0 saturated heterocycles. The Labute approximate surface area is 154 Å². The first-order chi connectivity index (χ1) is 10.6. The Hall–Kier alpha value is -1.38. The highest BCUT2D eigenvalue weighted by molar-refractivity contribution is 14.0. The van der Waals surface area contributed by atoms with Gasteiger partial charge in [0.05, 0.1) is 0 Å². The van der Waals surface area contributed by atoms with Crippen LogP contribution in [0.25, 0.3) is 0 Å². The Balaban J connectivity index is 0.00000484. The zero-order valence-electron chi connectivity index (χ0n) is 13.9. The van der Waals surface area contributed by atoms with Crippen molar-refractivity contribution in [2.24, 2.45) is 4.99 Å². The second-order valence-corrected chi connectivity index (χ2v) is 5.04. The fourth-order valence-corrected chi connectivity index (χ4v) is 1.87. The number of nitrogens with zero attached hydrogens (tertiary/aromatic N) is 1. The molecule has 0 saturated carbocycles. The average Bonchev–Trinajstić information content (AvgIpc) is 2.51. The third-order valence-corrected chi connectivity index (χ3v) is 3.12. The van der Waals surface area contributed by atoms with Crippen molar-refractivity contribution in [3.8, 4) is 0 Å². The number of hydrogen-bond acceptors (Lipinski definition) is 2. The summed E-state index contributed by atoms with van der Waals surface area (Å²) in [6.07, 6.45) is 1.33. The van der Waals surface area contributed by atoms with Crippen LogP contribution in [0, 0.1) is 12.7 Å². The molecule has 0 bridgehead atoms. The van der Waals surface area contributed by atoms with E-state index >= 15 is 0 Å². The molecule has 0 unspecified atom stereocenters. The Kier molecular flexibility index (Phi) is 11.4. The van der Waals surface area contributed by atoms with Crippen LogP contribution >= 0.6 is 24.0 Å². The van der Waals surface area contributed by atoms with Crippen molar-refractivity contribution in [1.82, 2.24) is 16.0 Å². The Morgan fingerprint density at radius 1 is 1.22 bits per heavy atom. The number of halogens is 2. The van der Waals surface area contributed by atoms with Gasteiger partial charge in [0.15, 0.2) is 5.96 Å². The van der Waals surface area contributed by atoms with E-state index in [1.807, 2.05) is 6.92 Å². The third-order valence-electron chi connectivity index (χ3n) is 3.12. The lowest BCUT2D eigenvalue weighted by Crippen LogP contribution is -2.39. The molecule has 0 aliphatic carbocycles. The molecule has 3 N–H and O–H groups in total. The van der Waals surface area contributed by atoms with Crippen LogP contribution in [0.5, 0.6) is 0 Å². The maximum Gasteiger partial charge on any atom is 0.221 e. The summed E-state index contributed by atoms with van der Waals surface area (Å²) in [6, 6.07) is 5.00. The molecule has 1 rings (SSSR count). The lowest BCUT2D eigenvalue weighted by molar-refractivity contribution is -0.120. The lowest BCUT2D eigenvalue weighted by Gasteiger charge is -2.12. The fraction of sp³-hybridized carbons (Fsp3) is 0.500. The monoisotopic (exact) mass is 436 g/mol. The molecule has 23 heavy (non-hydrogen) atoms. The first-order valence-corrected chi connectivity index (χ1v) is 7.53. The minimum Gasteiger partial charge on any atom is -0.356 e. The first-order valence-electron chi connectivity index (χ1n) is 7.53. The summed E-state index contributed by atoms with van der Waals surface area (Å²) in [5, 5.41) is 9.03. The van der Waals surface area contributed by atoms with Crippen LogP contribution in [0.1, 0.15) is 30.9 Å². The summed E-state index contributed by atoms with van der Waals surface area (Å²) in [6.45, 7) is 5.51. The summed E-state index contributed by atoms with van der Waals surface area (Å²) in [5.74, 6) is 0.439. The van der Waals surface area contributed by atoms with E-state index in [0.717, 1.165) is 12.0 Å². The van der Waals surface area contributed by atoms with Gasteiger partial charge in [-0.15, -0.1) is 24.0 Å². The van der Waals surface area contributed by atoms with Crippen molar-refractivity contribution in [1.29, 1.82) is 0 Å². The molecule has 1 aromatic rings. The summed E-state index contributed by atoms with van der Waals surface area (Å²) in [4.78, 5) is 15.6. The lowest BCUT2D eigenvalue weighted by atomic mass is 10.1. The van der Waals surface area contributed by atoms with Crippen molar-refractivity contribution in [2.45, 2.75) is 33.2 Å². The summed E-state index contributed by atoms with van der Waals surface area (Å²) >= 11 is 0. The summed E-state index contributed by atoms with van der Waals surface area (Å²) in [5.41, 5.74) is 1.59. The van der Waals surface area contributed by atoms with Gasteiger partial charge in [-0.05, 0) is 30.5 Å². The zero-order chi connectivity index (χ0) is 16.4. The zero-order valence-corrected chi connectivity index (χ0v) is 16.2. The van der Waals surface area contributed by atoms with Gasteiger partial charge in [-0.3, -0.25) is 9.79 Å². The van der Waals surface area contributed by atoms with Crippen LogP contribution in [0.4, 0.5) is 4.39 Å². The van der Waals surface area contributed by atoms with Crippen molar-refractivity contribution < 1.29 is 9.18 Å². The highest BCUT2D eigenvalue weighted by atomic mass is 127. The van der Waals surface area contributed by atoms with E-state index < -0.39 is 0 Å². The van der Waals surface area contributed by atoms with Crippen LogP contribution in [-0.4, -0.2) is 32.0 Å². The third kappa shape index (κ3) is 8.73. The molecule has 7 heteroatoms. The second-order valence-electron chi connectivity index (χ2n) is 5.04. The molecule has 130 valence electrons. The predicted molar refractivity (Wildman–Crippen MR) is 103 cm³/mol. The highest BCUT2D eigenvalue weighted by Gasteiger charge is 2.03. The van der Waals surface area contributed by atoms with Gasteiger partial charge in [0.25, 0.3) is 0 Å². The van der Waals surface area contributed by atoms with E-state index in [1.54, 1.807) is 26.1 Å². The molecule has 0 heterocycles. The number of carbonyl (C=O) groups excluding carboxylic acids is 1. The van der Waals surface area contributed by atoms with E-state index in [-0.39, 0.29) is 35.7 Å². The highest BCUT2D eigenvalue weighted by Crippen LogP contribution is 2.08. The second kappa shape index (κ2) is 12.1. The molecule has 0 radical (unpaired) electrons. The van der Waals surface area contributed by atoms with Gasteiger partial charge in [0.1, 0.15) is 5.82 Å². The maximum absolute atomic E-state index is 13.2. The van der Waals surface area contributed by atoms with Crippen molar-refractivity contribution >= 4 is 35.8 Å². The number of guanidine groups is 1. The molecule has 1 amide bonds. The van der Waals surface area contributed by atoms with E-state index in [1.165, 1.54) is 6.07 Å². The quantitative estimate of drug-likeness (QED) is 0.349. The summed E-state index contributed by atoms with van der Waals surface area (Å²) < 4.78 is 13.2. The fourth-order valence-electron chi connectivity index (χ4n) is 1.87. The minimum absolute atomic E-state index is 0. The number of hydrogen-bond donors (Lipinski definition) is 3. The van der Waals surface area contributed by atoms with Gasteiger partial charge in [-0.1, -0.05) is 19.1 Å². The number of amides is 1. The van der Waals surface area contributed by atoms with Crippen molar-refractivity contribution in [3.63, 3.8) is 0 Å². The Morgan fingerprint density at radius 2 is 1.96 bits per heavy atom. The molecule has 0 fully saturated rings. The number of carbonyl (C=O) groups is 1. The molecule has 0 atom stereocenters. The topological polar surface area (TPSA) is 65.5 Å². The molecule has 0 spiro atoms. The van der Waals surface area contributed by atoms with Gasteiger partial charge in [-0.2, -0.15) is 0 Å². The molecule has 1 aromatic carbocycles. The van der Waals surface area contributed by atoms with Gasteiger partial charge in [0, 0.05) is 33.1 Å². The van der Waals surface area contributed by atoms with E-state index in [0.29, 0.717) is 37.6 Å². The van der Waals surface area contributed by atoms with Crippen LogP contribution in [0.15, 0.2) is 23.2 Å². The van der Waals surface area contributed by atoms with Gasteiger partial charge >= 0.3 is 0 Å². The van der Waals surface area contributed by atoms with Crippen LogP contribution < -0.4 is 16.0 Å². The largest absolute Gasteiger partial charge is 0.356 e. The van der Waals surface area contributed by atoms with Gasteiger partial charge in [0.2, 0.25) is 5.91 Å². The average molecular weight is 436 g/mol. The Bertz CT molecular complexity index is 523. The van der Waals surface area contributed by atoms with E-state index in [2.05, 4.69) is 20.9 Å². The number of nitrogens with one attached hydrogen (secondary N) is 3. The molecule has 0 aliphatic rings. The maximum atomic E-state index is 13.2. The van der Waals surface area contributed by atoms with Gasteiger partial charge < -0.3 is 16.0 Å². The number of aryl methyl sites for hydroxylation is 1. The predicted octanol–water partition coefficient (Wildman–Crippen LogP) is 2.33. The smallest absolute Gasteiger partial charge is 0.221 e. The molecule has 0 aliphatic heterocycles. The molecular formula is C16H26FIN4O. The van der Waals surface area contributed by atoms with E-state index in [9.17, 15) is 9.18 Å². The van der Waals surface area contributed by atoms with Crippen molar-refractivity contribution in [3.05, 3.63) is 35.1 Å². The summed E-state index contributed by atoms with van der Waals surface area (Å²) in [7, 11) is 1.67. The standard InChI is InChI=1S/C16H25FN4O.HI/c1-4-8-19-15(22)7-9-20-16(18-3)21-11-13-5-6-14(17)12(2)10-13;/h5-6,10H,4,7-9,11H2,1-3H3,(H,19,22)(H2,18,20,21);1H. The molecule has 5 nitrogen and oxygen atoms in total. The molecule has 0 aromatic heterocycles. The first kappa shape index (κ1) is 21.6. The van der Waals surface area contributed by atoms with Crippen LogP contribution in [0.2, 0.25) is 0 Å². The number of aliphatic imine (C=N–C) groups is 1. The normalized spacial score (nSPS) is 10.7.